The molecule has 144 valence electrons. The molecular formula is C19H24N4O3S. The highest BCUT2D eigenvalue weighted by atomic mass is 32.2. The normalized spacial score (nSPS) is 20.4. The van der Waals surface area contributed by atoms with Gasteiger partial charge in [-0.15, -0.1) is 0 Å². The molecule has 7 nitrogen and oxygen atoms in total. The van der Waals surface area contributed by atoms with Crippen LogP contribution >= 0.6 is 0 Å². The van der Waals surface area contributed by atoms with Crippen LogP contribution in [0.25, 0.3) is 0 Å². The number of hydrogen-bond donors (Lipinski definition) is 1. The lowest BCUT2D eigenvalue weighted by Gasteiger charge is -2.22. The molecule has 2 aromatic rings. The Morgan fingerprint density at radius 3 is 2.70 bits per heavy atom. The zero-order chi connectivity index (χ0) is 19.3. The first-order chi connectivity index (χ1) is 12.8. The van der Waals surface area contributed by atoms with Crippen LogP contribution in [0.1, 0.15) is 48.7 Å². The number of rotatable bonds is 5. The van der Waals surface area contributed by atoms with Crippen molar-refractivity contribution in [3.63, 3.8) is 0 Å². The minimum Gasteiger partial charge on any atom is -0.307 e. The van der Waals surface area contributed by atoms with Crippen LogP contribution in [0.4, 0.5) is 11.5 Å². The van der Waals surface area contributed by atoms with Gasteiger partial charge in [0, 0.05) is 17.7 Å². The molecule has 0 spiro atoms. The van der Waals surface area contributed by atoms with Gasteiger partial charge in [-0.1, -0.05) is 0 Å². The third-order valence-electron chi connectivity index (χ3n) is 5.45. The summed E-state index contributed by atoms with van der Waals surface area (Å²) in [6.07, 6.45) is 5.91. The number of amides is 1. The number of carbonyl (C=O) groups is 1. The summed E-state index contributed by atoms with van der Waals surface area (Å²) in [7, 11) is -3.34. The molecule has 2 heterocycles. The molecule has 1 N–H and O–H groups in total. The first-order valence-electron chi connectivity index (χ1n) is 9.23. The fourth-order valence-corrected chi connectivity index (χ4v) is 5.22. The van der Waals surface area contributed by atoms with Gasteiger partial charge in [0.1, 0.15) is 5.82 Å². The Kier molecular flexibility index (Phi) is 4.25. The van der Waals surface area contributed by atoms with Crippen LogP contribution in [-0.4, -0.2) is 36.4 Å². The Morgan fingerprint density at radius 2 is 2.04 bits per heavy atom. The summed E-state index contributed by atoms with van der Waals surface area (Å²) in [5.41, 5.74) is 2.05. The zero-order valence-corrected chi connectivity index (χ0v) is 16.5. The molecule has 0 bridgehead atoms. The molecule has 0 saturated heterocycles. The monoisotopic (exact) mass is 388 g/mol. The van der Waals surface area contributed by atoms with Gasteiger partial charge in [0.15, 0.2) is 0 Å². The largest absolute Gasteiger partial charge is 0.307 e. The van der Waals surface area contributed by atoms with E-state index in [2.05, 4.69) is 17.3 Å². The fraction of sp³-hybridized carbons (Fsp3) is 0.474. The number of fused-ring (bicyclic) bond motifs is 1. The lowest BCUT2D eigenvalue weighted by atomic mass is 10.1. The van der Waals surface area contributed by atoms with E-state index in [1.807, 2.05) is 11.6 Å². The third-order valence-corrected chi connectivity index (χ3v) is 6.73. The number of aromatic nitrogens is 2. The average Bonchev–Trinajstić information content (AvgIpc) is 3.24. The zero-order valence-electron chi connectivity index (χ0n) is 15.7. The van der Waals surface area contributed by atoms with E-state index in [0.717, 1.165) is 5.56 Å². The van der Waals surface area contributed by atoms with Crippen LogP contribution in [-0.2, 0) is 16.4 Å². The lowest BCUT2D eigenvalue weighted by molar-refractivity contribution is 0.102. The van der Waals surface area contributed by atoms with E-state index in [0.29, 0.717) is 29.4 Å². The van der Waals surface area contributed by atoms with Crippen LogP contribution in [0, 0.1) is 5.92 Å². The van der Waals surface area contributed by atoms with E-state index in [4.69, 9.17) is 0 Å². The van der Waals surface area contributed by atoms with Crippen molar-refractivity contribution < 1.29 is 13.2 Å². The Morgan fingerprint density at radius 1 is 1.30 bits per heavy atom. The topological polar surface area (TPSA) is 84.3 Å². The first kappa shape index (κ1) is 18.0. The number of sulfonamides is 1. The summed E-state index contributed by atoms with van der Waals surface area (Å²) in [5.74, 6) is 1.10. The molecule has 2 aliphatic rings. The Hall–Kier alpha value is -2.35. The number of hydrogen-bond acceptors (Lipinski definition) is 4. The van der Waals surface area contributed by atoms with Gasteiger partial charge >= 0.3 is 0 Å². The second-order valence-electron chi connectivity index (χ2n) is 7.65. The molecule has 1 aliphatic heterocycles. The van der Waals surface area contributed by atoms with E-state index in [1.54, 1.807) is 30.5 Å². The minimum absolute atomic E-state index is 0.144. The van der Waals surface area contributed by atoms with Gasteiger partial charge in [0.25, 0.3) is 5.91 Å². The summed E-state index contributed by atoms with van der Waals surface area (Å²) in [4.78, 5) is 12.7. The van der Waals surface area contributed by atoms with Crippen LogP contribution in [0.2, 0.25) is 0 Å². The number of nitrogens with zero attached hydrogens (tertiary/aromatic N) is 3. The predicted octanol–water partition coefficient (Wildman–Crippen LogP) is 2.82. The van der Waals surface area contributed by atoms with E-state index < -0.39 is 10.0 Å². The van der Waals surface area contributed by atoms with Gasteiger partial charge in [0.05, 0.1) is 24.2 Å². The smallest absolute Gasteiger partial charge is 0.256 e. The molecule has 1 amide bonds. The van der Waals surface area contributed by atoms with E-state index >= 15 is 0 Å². The highest BCUT2D eigenvalue weighted by Crippen LogP contribution is 2.40. The molecule has 8 heteroatoms. The Balaban J connectivity index is 1.56. The van der Waals surface area contributed by atoms with Crippen molar-refractivity contribution >= 4 is 27.4 Å². The number of benzene rings is 1. The molecule has 2 unspecified atom stereocenters. The molecule has 27 heavy (non-hydrogen) atoms. The third kappa shape index (κ3) is 3.34. The highest BCUT2D eigenvalue weighted by molar-refractivity contribution is 7.92. The maximum absolute atomic E-state index is 12.7. The van der Waals surface area contributed by atoms with Crippen molar-refractivity contribution in [2.24, 2.45) is 5.92 Å². The van der Waals surface area contributed by atoms with E-state index in [1.165, 1.54) is 23.4 Å². The second-order valence-corrected chi connectivity index (χ2v) is 9.51. The van der Waals surface area contributed by atoms with Crippen LogP contribution in [0.3, 0.4) is 0 Å². The molecule has 1 saturated carbocycles. The molecule has 1 aromatic heterocycles. The van der Waals surface area contributed by atoms with Crippen molar-refractivity contribution in [1.29, 1.82) is 0 Å². The van der Waals surface area contributed by atoms with Crippen LogP contribution in [0.15, 0.2) is 30.5 Å². The lowest BCUT2D eigenvalue weighted by Crippen LogP contribution is -2.34. The first-order valence-corrected chi connectivity index (χ1v) is 11.1. The van der Waals surface area contributed by atoms with Gasteiger partial charge in [-0.25, -0.2) is 13.1 Å². The number of nitrogens with one attached hydrogen (secondary N) is 1. The summed E-state index contributed by atoms with van der Waals surface area (Å²) in [6, 6.07) is 7.11. The minimum atomic E-state index is -3.34. The summed E-state index contributed by atoms with van der Waals surface area (Å²) in [5, 5.41) is 7.30. The van der Waals surface area contributed by atoms with Crippen LogP contribution in [0.5, 0.6) is 0 Å². The van der Waals surface area contributed by atoms with Gasteiger partial charge < -0.3 is 5.32 Å². The molecule has 1 aromatic carbocycles. The Labute approximate surface area is 159 Å². The number of anilines is 2. The summed E-state index contributed by atoms with van der Waals surface area (Å²) in [6.45, 7) is 4.00. The average molecular weight is 388 g/mol. The van der Waals surface area contributed by atoms with Gasteiger partial charge in [0.2, 0.25) is 10.0 Å². The van der Waals surface area contributed by atoms with Crippen molar-refractivity contribution in [2.45, 2.75) is 45.2 Å². The van der Waals surface area contributed by atoms with Gasteiger partial charge in [-0.05, 0) is 62.8 Å². The molecular weight excluding hydrogens is 364 g/mol. The van der Waals surface area contributed by atoms with Crippen LogP contribution < -0.4 is 9.62 Å². The van der Waals surface area contributed by atoms with E-state index in [-0.39, 0.29) is 18.0 Å². The van der Waals surface area contributed by atoms with Gasteiger partial charge in [-0.3, -0.25) is 9.10 Å². The molecule has 1 fully saturated rings. The fourth-order valence-electron chi connectivity index (χ4n) is 3.95. The summed E-state index contributed by atoms with van der Waals surface area (Å²) < 4.78 is 27.4. The van der Waals surface area contributed by atoms with Gasteiger partial charge in [-0.2, -0.15) is 5.10 Å². The van der Waals surface area contributed by atoms with Crippen molar-refractivity contribution in [1.82, 2.24) is 9.78 Å². The van der Waals surface area contributed by atoms with Crippen molar-refractivity contribution in [3.8, 4) is 0 Å². The maximum atomic E-state index is 12.7. The maximum Gasteiger partial charge on any atom is 0.256 e. The SMILES string of the molecule is CC1Cc2cc(C(=O)Nc3ccnn3C(C)C3CC3)ccc2N1S(C)(=O)=O. The Bertz CT molecular complexity index is 994. The molecule has 4 rings (SSSR count). The molecule has 1 aliphatic carbocycles. The molecule has 0 radical (unpaired) electrons. The standard InChI is InChI=1S/C19H24N4O3S/c1-12-10-16-11-15(6-7-17(16)23(12)27(3,25)26)19(24)21-18-8-9-20-22(18)13(2)14-4-5-14/h6-9,11-14H,4-5,10H2,1-3H3,(H,21,24). The predicted molar refractivity (Wildman–Crippen MR) is 105 cm³/mol. The number of carbonyl (C=O) groups excluding carboxylic acids is 1. The second kappa shape index (κ2) is 6.37. The van der Waals surface area contributed by atoms with E-state index in [9.17, 15) is 13.2 Å². The quantitative estimate of drug-likeness (QED) is 0.854. The highest BCUT2D eigenvalue weighted by Gasteiger charge is 2.33. The van der Waals surface area contributed by atoms with Crippen molar-refractivity contribution in [3.05, 3.63) is 41.6 Å². The summed E-state index contributed by atoms with van der Waals surface area (Å²) >= 11 is 0. The van der Waals surface area contributed by atoms with Crippen molar-refractivity contribution in [2.75, 3.05) is 15.9 Å². The molecule has 2 atom stereocenters.